The van der Waals surface area contributed by atoms with Crippen LogP contribution >= 0.6 is 0 Å². The van der Waals surface area contributed by atoms with E-state index in [1.807, 2.05) is 54.9 Å². The molecule has 5 heteroatoms. The number of pyridine rings is 2. The highest BCUT2D eigenvalue weighted by Crippen LogP contribution is 2.39. The maximum absolute atomic E-state index is 6.34. The minimum atomic E-state index is -0.175. The molecule has 0 aliphatic carbocycles. The lowest BCUT2D eigenvalue weighted by atomic mass is 9.84. The summed E-state index contributed by atoms with van der Waals surface area (Å²) in [7, 11) is 0. The summed E-state index contributed by atoms with van der Waals surface area (Å²) < 4.78 is 6.34. The van der Waals surface area contributed by atoms with E-state index in [1.165, 1.54) is 0 Å². The average molecular weight is 669 g/mol. The fourth-order valence-corrected chi connectivity index (χ4v) is 7.60. The van der Waals surface area contributed by atoms with Gasteiger partial charge in [0.05, 0.1) is 22.8 Å². The van der Waals surface area contributed by atoms with E-state index in [0.29, 0.717) is 0 Å². The second kappa shape index (κ2) is 12.3. The van der Waals surface area contributed by atoms with Crippen molar-refractivity contribution in [1.29, 1.82) is 0 Å². The Bertz CT molecular complexity index is 2790. The number of aromatic nitrogens is 2. The Morgan fingerprint density at radius 1 is 0.481 bits per heavy atom. The predicted octanol–water partition coefficient (Wildman–Crippen LogP) is 11.6. The third-order valence-electron chi connectivity index (χ3n) is 10.3. The van der Waals surface area contributed by atoms with Gasteiger partial charge in [-0.2, -0.15) is 0 Å². The molecule has 0 radical (unpaired) electrons. The number of nitrogens with zero attached hydrogens (tertiary/aromatic N) is 4. The molecule has 0 saturated heterocycles. The van der Waals surface area contributed by atoms with Crippen molar-refractivity contribution >= 4 is 55.3 Å². The number of rotatable bonds is 5. The first kappa shape index (κ1) is 30.1. The van der Waals surface area contributed by atoms with Gasteiger partial charge in [-0.1, -0.05) is 91.9 Å². The molecule has 0 spiro atoms. The van der Waals surface area contributed by atoms with Gasteiger partial charge in [-0.25, -0.2) is 4.99 Å². The molecular formula is C47H32N4O. The van der Waals surface area contributed by atoms with E-state index < -0.39 is 0 Å². The number of benzene rings is 6. The third kappa shape index (κ3) is 5.26. The largest absolute Gasteiger partial charge is 0.456 e. The molecule has 52 heavy (non-hydrogen) atoms. The molecule has 10 rings (SSSR count). The van der Waals surface area contributed by atoms with Gasteiger partial charge in [0.1, 0.15) is 11.2 Å². The zero-order valence-electron chi connectivity index (χ0n) is 28.4. The first-order chi connectivity index (χ1) is 25.6. The van der Waals surface area contributed by atoms with Crippen LogP contribution in [0.1, 0.15) is 29.7 Å². The van der Waals surface area contributed by atoms with Crippen LogP contribution in [-0.4, -0.2) is 21.5 Å². The summed E-state index contributed by atoms with van der Waals surface area (Å²) in [6.07, 6.45) is 3.68. The maximum Gasteiger partial charge on any atom is 0.155 e. The summed E-state index contributed by atoms with van der Waals surface area (Å²) in [6.45, 7) is 2.24. The Kier molecular flexibility index (Phi) is 7.10. The topological polar surface area (TPSA) is 63.6 Å². The van der Waals surface area contributed by atoms with Crippen molar-refractivity contribution in [2.24, 2.45) is 15.9 Å². The van der Waals surface area contributed by atoms with E-state index in [-0.39, 0.29) is 12.0 Å². The number of furan rings is 1. The lowest BCUT2D eigenvalue weighted by Crippen LogP contribution is -2.26. The van der Waals surface area contributed by atoms with Crippen molar-refractivity contribution in [3.63, 3.8) is 0 Å². The monoisotopic (exact) mass is 668 g/mol. The molecule has 6 aromatic carbocycles. The van der Waals surface area contributed by atoms with Crippen molar-refractivity contribution in [3.8, 4) is 22.3 Å². The molecule has 4 heterocycles. The van der Waals surface area contributed by atoms with E-state index >= 15 is 0 Å². The van der Waals surface area contributed by atoms with E-state index in [0.717, 1.165) is 94.2 Å². The minimum absolute atomic E-state index is 0.0287. The molecule has 0 amide bonds. The number of fused-ring (bicyclic) bond motifs is 5. The van der Waals surface area contributed by atoms with Crippen LogP contribution in [0.5, 0.6) is 0 Å². The van der Waals surface area contributed by atoms with Gasteiger partial charge >= 0.3 is 0 Å². The number of hydrogen-bond acceptors (Lipinski definition) is 5. The van der Waals surface area contributed by atoms with Gasteiger partial charge in [-0.3, -0.25) is 15.0 Å². The SMILES string of the molecule is CC1C(c2cc(-c3ccc4ncccc4c3)cc(-c3ccc4ncccc4c3)c2)=NC(c2ccccc2)=NC1c1ccc2c(c1)oc1ccccc12. The number of amidine groups is 1. The van der Waals surface area contributed by atoms with Gasteiger partial charge in [-0.15, -0.1) is 0 Å². The Morgan fingerprint density at radius 2 is 1.12 bits per heavy atom. The van der Waals surface area contributed by atoms with Crippen molar-refractivity contribution in [2.45, 2.75) is 13.0 Å². The smallest absolute Gasteiger partial charge is 0.155 e. The van der Waals surface area contributed by atoms with Gasteiger partial charge in [0.25, 0.3) is 0 Å². The van der Waals surface area contributed by atoms with Crippen LogP contribution < -0.4 is 0 Å². The van der Waals surface area contributed by atoms with Crippen LogP contribution in [0.3, 0.4) is 0 Å². The quantitative estimate of drug-likeness (QED) is 0.183. The van der Waals surface area contributed by atoms with Gasteiger partial charge in [0.2, 0.25) is 0 Å². The molecule has 9 aromatic rings. The standard InChI is InChI=1S/C47H32N4O/c1-29-45(35-15-18-40-39-13-5-6-14-43(39)52-44(40)28-35)50-47(30-9-3-2-4-10-30)51-46(29)38-26-36(31-16-19-41-33(23-31)11-7-21-48-41)25-37(27-38)32-17-20-42-34(24-32)12-8-22-49-42/h2-29,45H,1H3. The summed E-state index contributed by atoms with van der Waals surface area (Å²) in [4.78, 5) is 19.9. The zero-order chi connectivity index (χ0) is 34.6. The maximum atomic E-state index is 6.34. The highest BCUT2D eigenvalue weighted by molar-refractivity contribution is 6.16. The van der Waals surface area contributed by atoms with Crippen LogP contribution in [0.25, 0.3) is 66.0 Å². The summed E-state index contributed by atoms with van der Waals surface area (Å²) in [5.74, 6) is 0.697. The van der Waals surface area contributed by atoms with Crippen molar-refractivity contribution < 1.29 is 4.42 Å². The Labute approximate surface area is 300 Å². The van der Waals surface area contributed by atoms with E-state index in [9.17, 15) is 0 Å². The lowest BCUT2D eigenvalue weighted by molar-refractivity contribution is 0.590. The summed E-state index contributed by atoms with van der Waals surface area (Å²) >= 11 is 0. The van der Waals surface area contributed by atoms with Gasteiger partial charge in [0.15, 0.2) is 5.84 Å². The highest BCUT2D eigenvalue weighted by Gasteiger charge is 2.31. The van der Waals surface area contributed by atoms with Crippen LogP contribution in [0, 0.1) is 5.92 Å². The average Bonchev–Trinajstić information content (AvgIpc) is 3.58. The number of aliphatic imine (C=N–C) groups is 2. The first-order valence-corrected chi connectivity index (χ1v) is 17.6. The fraction of sp³-hybridized carbons (Fsp3) is 0.0638. The molecule has 5 nitrogen and oxygen atoms in total. The van der Waals surface area contributed by atoms with Crippen LogP contribution in [0.4, 0.5) is 0 Å². The van der Waals surface area contributed by atoms with E-state index in [2.05, 4.69) is 126 Å². The summed E-state index contributed by atoms with van der Waals surface area (Å²) in [6, 6.07) is 52.9. The van der Waals surface area contributed by atoms with Crippen molar-refractivity contribution in [2.75, 3.05) is 0 Å². The summed E-state index contributed by atoms with van der Waals surface area (Å²) in [5.41, 5.74) is 12.3. The molecule has 0 saturated carbocycles. The molecule has 246 valence electrons. The Hall–Kier alpha value is -6.72. The van der Waals surface area contributed by atoms with E-state index in [4.69, 9.17) is 14.4 Å². The molecule has 0 N–H and O–H groups in total. The molecular weight excluding hydrogens is 637 g/mol. The highest BCUT2D eigenvalue weighted by atomic mass is 16.3. The molecule has 1 aliphatic heterocycles. The zero-order valence-corrected chi connectivity index (χ0v) is 28.4. The summed E-state index contributed by atoms with van der Waals surface area (Å²) in [5, 5.41) is 4.44. The van der Waals surface area contributed by atoms with Gasteiger partial charge in [0, 0.05) is 45.4 Å². The second-order valence-corrected chi connectivity index (χ2v) is 13.5. The molecule has 2 atom stereocenters. The number of para-hydroxylation sites is 1. The molecule has 2 unspecified atom stereocenters. The third-order valence-corrected chi connectivity index (χ3v) is 10.3. The second-order valence-electron chi connectivity index (χ2n) is 13.5. The Morgan fingerprint density at radius 3 is 1.83 bits per heavy atom. The van der Waals surface area contributed by atoms with Crippen LogP contribution in [-0.2, 0) is 0 Å². The minimum Gasteiger partial charge on any atom is -0.456 e. The molecule has 0 fully saturated rings. The number of hydrogen-bond donors (Lipinski definition) is 0. The van der Waals surface area contributed by atoms with E-state index in [1.54, 1.807) is 0 Å². The predicted molar refractivity (Wildman–Crippen MR) is 213 cm³/mol. The fourth-order valence-electron chi connectivity index (χ4n) is 7.60. The van der Waals surface area contributed by atoms with Crippen molar-refractivity contribution in [1.82, 2.24) is 9.97 Å². The molecule has 3 aromatic heterocycles. The first-order valence-electron chi connectivity index (χ1n) is 17.6. The van der Waals surface area contributed by atoms with Gasteiger partial charge in [-0.05, 0) is 100 Å². The Balaban J connectivity index is 1.16. The van der Waals surface area contributed by atoms with Crippen LogP contribution in [0.15, 0.2) is 178 Å². The van der Waals surface area contributed by atoms with Crippen LogP contribution in [0.2, 0.25) is 0 Å². The van der Waals surface area contributed by atoms with Gasteiger partial charge < -0.3 is 4.42 Å². The molecule has 0 bridgehead atoms. The molecule has 1 aliphatic rings. The lowest BCUT2D eigenvalue weighted by Gasteiger charge is -2.28. The normalized spacial score (nSPS) is 16.0. The van der Waals surface area contributed by atoms with Crippen molar-refractivity contribution in [3.05, 3.63) is 181 Å².